The van der Waals surface area contributed by atoms with Crippen LogP contribution in [0.3, 0.4) is 0 Å². The third-order valence-electron chi connectivity index (χ3n) is 4.63. The van der Waals surface area contributed by atoms with Crippen molar-refractivity contribution in [3.63, 3.8) is 0 Å². The second-order valence-electron chi connectivity index (χ2n) is 6.23. The van der Waals surface area contributed by atoms with E-state index in [1.807, 2.05) is 30.3 Å². The summed E-state index contributed by atoms with van der Waals surface area (Å²) in [5.74, 6) is -2.80. The van der Waals surface area contributed by atoms with Gasteiger partial charge in [0.1, 0.15) is 5.78 Å². The molecule has 1 heterocycles. The number of fused-ring (bicyclic) bond motifs is 1. The highest BCUT2D eigenvalue weighted by molar-refractivity contribution is 6.30. The molecule has 3 rings (SSSR count). The zero-order valence-corrected chi connectivity index (χ0v) is 15.6. The summed E-state index contributed by atoms with van der Waals surface area (Å²) in [7, 11) is 2.31. The third kappa shape index (κ3) is 3.28. The Morgan fingerprint density at radius 2 is 1.70 bits per heavy atom. The van der Waals surface area contributed by atoms with Gasteiger partial charge in [-0.1, -0.05) is 41.9 Å². The average molecular weight is 388 g/mol. The first-order valence-electron chi connectivity index (χ1n) is 8.25. The van der Waals surface area contributed by atoms with Crippen molar-refractivity contribution in [1.82, 2.24) is 0 Å². The van der Waals surface area contributed by atoms with Crippen LogP contribution in [0, 0.1) is 0 Å². The standard InChI is InChI=1S/C20H18ClNO5/c1-26-18(24)20(19(25)27-2)11-16(23)17(12-6-4-3-5-7-12)14-10-13(21)8-9-15(14)22-20/h3-10,17,22H,11H2,1-2H3. The van der Waals surface area contributed by atoms with Crippen LogP contribution in [0.5, 0.6) is 0 Å². The highest BCUT2D eigenvalue weighted by Crippen LogP contribution is 2.40. The zero-order valence-electron chi connectivity index (χ0n) is 14.8. The van der Waals surface area contributed by atoms with Gasteiger partial charge in [0.25, 0.3) is 0 Å². The number of hydrogen-bond donors (Lipinski definition) is 1. The number of Topliss-reactive ketones (excluding diaryl/α,β-unsaturated/α-hetero) is 1. The van der Waals surface area contributed by atoms with Crippen LogP contribution in [0.1, 0.15) is 23.5 Å². The number of rotatable bonds is 3. The van der Waals surface area contributed by atoms with Crippen LogP contribution < -0.4 is 5.32 Å². The fourth-order valence-corrected chi connectivity index (χ4v) is 3.57. The molecule has 0 radical (unpaired) electrons. The molecule has 6 nitrogen and oxygen atoms in total. The average Bonchev–Trinajstić information content (AvgIpc) is 2.81. The van der Waals surface area contributed by atoms with E-state index in [-0.39, 0.29) is 5.78 Å². The maximum absolute atomic E-state index is 13.2. The van der Waals surface area contributed by atoms with Crippen LogP contribution in [0.4, 0.5) is 5.69 Å². The second-order valence-corrected chi connectivity index (χ2v) is 6.67. The van der Waals surface area contributed by atoms with Crippen molar-refractivity contribution in [2.45, 2.75) is 17.9 Å². The van der Waals surface area contributed by atoms with Gasteiger partial charge in [0, 0.05) is 10.7 Å². The minimum Gasteiger partial charge on any atom is -0.467 e. The molecule has 1 atom stereocenters. The number of nitrogens with one attached hydrogen (secondary N) is 1. The maximum Gasteiger partial charge on any atom is 0.343 e. The molecule has 0 saturated heterocycles. The fraction of sp³-hybridized carbons (Fsp3) is 0.250. The van der Waals surface area contributed by atoms with Gasteiger partial charge >= 0.3 is 11.9 Å². The summed E-state index contributed by atoms with van der Waals surface area (Å²) in [6.45, 7) is 0. The Labute approximate surface area is 161 Å². The van der Waals surface area contributed by atoms with Crippen molar-refractivity contribution >= 4 is 35.0 Å². The van der Waals surface area contributed by atoms with E-state index < -0.39 is 29.8 Å². The molecule has 1 N–H and O–H groups in total. The number of carbonyl (C=O) groups excluding carboxylic acids is 3. The summed E-state index contributed by atoms with van der Waals surface area (Å²) in [5, 5.41) is 3.34. The van der Waals surface area contributed by atoms with Gasteiger partial charge in [0.2, 0.25) is 5.54 Å². The number of benzene rings is 2. The van der Waals surface area contributed by atoms with Crippen LogP contribution in [0.25, 0.3) is 0 Å². The molecule has 7 heteroatoms. The van der Waals surface area contributed by atoms with E-state index in [2.05, 4.69) is 5.32 Å². The number of esters is 2. The minimum absolute atomic E-state index is 0.328. The Bertz CT molecular complexity index is 881. The van der Waals surface area contributed by atoms with Gasteiger partial charge in [-0.25, -0.2) is 9.59 Å². The monoisotopic (exact) mass is 387 g/mol. The summed E-state index contributed by atoms with van der Waals surface area (Å²) < 4.78 is 9.64. The Kier molecular flexibility index (Phi) is 5.19. The molecule has 1 aliphatic heterocycles. The van der Waals surface area contributed by atoms with Gasteiger partial charge in [-0.3, -0.25) is 4.79 Å². The Morgan fingerprint density at radius 3 is 2.30 bits per heavy atom. The van der Waals surface area contributed by atoms with Crippen molar-refractivity contribution in [1.29, 1.82) is 0 Å². The first-order chi connectivity index (χ1) is 12.9. The zero-order chi connectivity index (χ0) is 19.6. The molecular formula is C20H18ClNO5. The summed E-state index contributed by atoms with van der Waals surface area (Å²) in [5.41, 5.74) is -0.214. The number of methoxy groups -OCH3 is 2. The van der Waals surface area contributed by atoms with E-state index in [0.29, 0.717) is 16.3 Å². The summed E-state index contributed by atoms with van der Waals surface area (Å²) in [6.07, 6.45) is -0.418. The normalized spacial score (nSPS) is 17.9. The van der Waals surface area contributed by atoms with E-state index >= 15 is 0 Å². The van der Waals surface area contributed by atoms with Crippen molar-refractivity contribution in [2.75, 3.05) is 19.5 Å². The summed E-state index contributed by atoms with van der Waals surface area (Å²) in [4.78, 5) is 38.3. The van der Waals surface area contributed by atoms with Gasteiger partial charge in [-0.2, -0.15) is 0 Å². The number of ether oxygens (including phenoxy) is 2. The lowest BCUT2D eigenvalue weighted by atomic mass is 9.83. The van der Waals surface area contributed by atoms with Crippen molar-refractivity contribution < 1.29 is 23.9 Å². The molecule has 0 aromatic heterocycles. The molecule has 0 bridgehead atoms. The predicted molar refractivity (Wildman–Crippen MR) is 99.7 cm³/mol. The highest BCUT2D eigenvalue weighted by atomic mass is 35.5. The largest absolute Gasteiger partial charge is 0.467 e. The minimum atomic E-state index is -1.97. The molecule has 27 heavy (non-hydrogen) atoms. The lowest BCUT2D eigenvalue weighted by Crippen LogP contribution is -2.55. The van der Waals surface area contributed by atoms with E-state index in [0.717, 1.165) is 19.8 Å². The Balaban J connectivity index is 2.24. The molecule has 0 spiro atoms. The van der Waals surface area contributed by atoms with E-state index in [9.17, 15) is 14.4 Å². The molecule has 1 unspecified atom stereocenters. The smallest absolute Gasteiger partial charge is 0.343 e. The summed E-state index contributed by atoms with van der Waals surface area (Å²) >= 11 is 6.16. The van der Waals surface area contributed by atoms with E-state index in [1.165, 1.54) is 0 Å². The third-order valence-corrected chi connectivity index (χ3v) is 4.87. The van der Waals surface area contributed by atoms with Crippen molar-refractivity contribution in [3.8, 4) is 0 Å². The number of halogens is 1. The number of hydrogen-bond acceptors (Lipinski definition) is 6. The molecule has 2 aromatic carbocycles. The summed E-state index contributed by atoms with van der Waals surface area (Å²) in [6, 6.07) is 14.0. The number of ketones is 1. The molecule has 0 aliphatic carbocycles. The SMILES string of the molecule is COC(=O)C1(C(=O)OC)CC(=O)C(c2ccccc2)c2cc(Cl)ccc2N1. The van der Waals surface area contributed by atoms with Crippen molar-refractivity contribution in [3.05, 3.63) is 64.7 Å². The van der Waals surface area contributed by atoms with E-state index in [1.54, 1.807) is 18.2 Å². The molecule has 0 amide bonds. The molecule has 0 fully saturated rings. The van der Waals surface area contributed by atoms with Gasteiger partial charge in [0.05, 0.1) is 26.6 Å². The van der Waals surface area contributed by atoms with Crippen LogP contribution in [0.2, 0.25) is 5.02 Å². The number of carbonyl (C=O) groups is 3. The lowest BCUT2D eigenvalue weighted by molar-refractivity contribution is -0.161. The van der Waals surface area contributed by atoms with Crippen LogP contribution >= 0.6 is 11.6 Å². The fourth-order valence-electron chi connectivity index (χ4n) is 3.39. The van der Waals surface area contributed by atoms with Gasteiger partial charge in [-0.15, -0.1) is 0 Å². The predicted octanol–water partition coefficient (Wildman–Crippen LogP) is 2.94. The Morgan fingerprint density at radius 1 is 1.07 bits per heavy atom. The van der Waals surface area contributed by atoms with Crippen molar-refractivity contribution in [2.24, 2.45) is 0 Å². The van der Waals surface area contributed by atoms with Crippen LogP contribution in [-0.4, -0.2) is 37.5 Å². The first-order valence-corrected chi connectivity index (χ1v) is 8.63. The molecule has 0 saturated carbocycles. The molecule has 1 aliphatic rings. The Hall–Kier alpha value is -2.86. The molecule has 2 aromatic rings. The molecular weight excluding hydrogens is 370 g/mol. The van der Waals surface area contributed by atoms with Crippen LogP contribution in [-0.2, 0) is 23.9 Å². The quantitative estimate of drug-likeness (QED) is 0.644. The van der Waals surface area contributed by atoms with Crippen LogP contribution in [0.15, 0.2) is 48.5 Å². The first kappa shape index (κ1) is 18.9. The topological polar surface area (TPSA) is 81.7 Å². The lowest BCUT2D eigenvalue weighted by Gasteiger charge is -2.28. The maximum atomic E-state index is 13.2. The van der Waals surface area contributed by atoms with Gasteiger partial charge in [-0.05, 0) is 29.3 Å². The van der Waals surface area contributed by atoms with Gasteiger partial charge < -0.3 is 14.8 Å². The van der Waals surface area contributed by atoms with Gasteiger partial charge in [0.15, 0.2) is 0 Å². The number of anilines is 1. The molecule has 140 valence electrons. The second kappa shape index (κ2) is 7.40. The highest BCUT2D eigenvalue weighted by Gasteiger charge is 2.53. The van der Waals surface area contributed by atoms with E-state index in [4.69, 9.17) is 21.1 Å².